The SMILES string of the molecule is C=CCCOC(=O)[C@H]1[C@H]2C(=O)N(CCCCO)C(C(=O)N(CC=C)C(C)C)C23CC[C@]1(C)O3. The quantitative estimate of drug-likeness (QED) is 0.271. The molecule has 3 rings (SSSR count). The number of aliphatic hydroxyl groups excluding tert-OH is 1. The summed E-state index contributed by atoms with van der Waals surface area (Å²) in [6.07, 6.45) is 6.07. The van der Waals surface area contributed by atoms with Gasteiger partial charge in [-0.3, -0.25) is 14.4 Å². The Balaban J connectivity index is 2.00. The lowest BCUT2D eigenvalue weighted by Gasteiger charge is -2.38. The van der Waals surface area contributed by atoms with Crippen LogP contribution in [0, 0.1) is 11.8 Å². The van der Waals surface area contributed by atoms with Crippen LogP contribution in [0.25, 0.3) is 0 Å². The van der Waals surface area contributed by atoms with Gasteiger partial charge in [-0.15, -0.1) is 13.2 Å². The molecule has 5 atom stereocenters. The number of ether oxygens (including phenoxy) is 2. The second-order valence-corrected chi connectivity index (χ2v) is 9.81. The van der Waals surface area contributed by atoms with Crippen LogP contribution in [0.5, 0.6) is 0 Å². The number of hydrogen-bond donors (Lipinski definition) is 1. The Kier molecular flexibility index (Phi) is 7.69. The monoisotopic (exact) mass is 462 g/mol. The molecule has 8 heteroatoms. The Hall–Kier alpha value is -2.19. The van der Waals surface area contributed by atoms with Gasteiger partial charge in [-0.25, -0.2) is 0 Å². The van der Waals surface area contributed by atoms with Gasteiger partial charge in [-0.1, -0.05) is 12.2 Å². The van der Waals surface area contributed by atoms with Crippen LogP contribution in [0.2, 0.25) is 0 Å². The van der Waals surface area contributed by atoms with Gasteiger partial charge in [0.2, 0.25) is 11.8 Å². The molecule has 8 nitrogen and oxygen atoms in total. The van der Waals surface area contributed by atoms with Gasteiger partial charge in [0, 0.05) is 25.7 Å². The van der Waals surface area contributed by atoms with Crippen molar-refractivity contribution in [3.63, 3.8) is 0 Å². The molecule has 3 aliphatic rings. The number of carbonyl (C=O) groups excluding carboxylic acids is 3. The van der Waals surface area contributed by atoms with Gasteiger partial charge in [0.15, 0.2) is 0 Å². The largest absolute Gasteiger partial charge is 0.465 e. The third-order valence-corrected chi connectivity index (χ3v) is 7.37. The number of aliphatic hydroxyl groups is 1. The van der Waals surface area contributed by atoms with Crippen molar-refractivity contribution in [2.75, 3.05) is 26.3 Å². The maximum absolute atomic E-state index is 13.9. The molecule has 33 heavy (non-hydrogen) atoms. The highest BCUT2D eigenvalue weighted by Crippen LogP contribution is 2.63. The first-order valence-corrected chi connectivity index (χ1v) is 12.0. The van der Waals surface area contributed by atoms with Crippen molar-refractivity contribution in [2.24, 2.45) is 11.8 Å². The first-order chi connectivity index (χ1) is 15.7. The molecule has 0 aliphatic carbocycles. The van der Waals surface area contributed by atoms with Crippen LogP contribution in [0.15, 0.2) is 25.3 Å². The van der Waals surface area contributed by atoms with E-state index in [0.29, 0.717) is 45.2 Å². The summed E-state index contributed by atoms with van der Waals surface area (Å²) in [4.78, 5) is 44.1. The Labute approximate surface area is 196 Å². The lowest BCUT2D eigenvalue weighted by molar-refractivity contribution is -0.160. The Morgan fingerprint density at radius 3 is 2.64 bits per heavy atom. The molecule has 3 fully saturated rings. The molecule has 3 heterocycles. The van der Waals surface area contributed by atoms with Crippen molar-refractivity contribution < 1.29 is 29.0 Å². The molecular formula is C25H38N2O6. The first kappa shape index (κ1) is 25.4. The minimum atomic E-state index is -1.06. The first-order valence-electron chi connectivity index (χ1n) is 12.0. The molecular weight excluding hydrogens is 424 g/mol. The van der Waals surface area contributed by atoms with E-state index >= 15 is 0 Å². The fraction of sp³-hybridized carbons (Fsp3) is 0.720. The summed E-state index contributed by atoms with van der Waals surface area (Å²) in [5, 5.41) is 9.25. The van der Waals surface area contributed by atoms with E-state index in [9.17, 15) is 19.5 Å². The number of amides is 2. The number of nitrogens with zero attached hydrogens (tertiary/aromatic N) is 2. The Morgan fingerprint density at radius 1 is 1.30 bits per heavy atom. The lowest BCUT2D eigenvalue weighted by atomic mass is 9.66. The van der Waals surface area contributed by atoms with E-state index in [0.717, 1.165) is 0 Å². The summed E-state index contributed by atoms with van der Waals surface area (Å²) in [6, 6.07) is -0.905. The zero-order chi connectivity index (χ0) is 24.4. The second kappa shape index (κ2) is 9.97. The van der Waals surface area contributed by atoms with Crippen LogP contribution in [-0.2, 0) is 23.9 Å². The topological polar surface area (TPSA) is 96.4 Å². The maximum Gasteiger partial charge on any atom is 0.312 e. The van der Waals surface area contributed by atoms with Gasteiger partial charge in [0.05, 0.1) is 18.1 Å². The van der Waals surface area contributed by atoms with Gasteiger partial charge in [0.25, 0.3) is 0 Å². The number of hydrogen-bond acceptors (Lipinski definition) is 6. The van der Waals surface area contributed by atoms with E-state index < -0.39 is 35.0 Å². The molecule has 1 N–H and O–H groups in total. The molecule has 0 aromatic carbocycles. The smallest absolute Gasteiger partial charge is 0.312 e. The van der Waals surface area contributed by atoms with Crippen LogP contribution in [-0.4, -0.2) is 82.3 Å². The van der Waals surface area contributed by atoms with E-state index in [1.807, 2.05) is 20.8 Å². The summed E-state index contributed by atoms with van der Waals surface area (Å²) in [7, 11) is 0. The number of fused-ring (bicyclic) bond motifs is 1. The molecule has 3 aliphatic heterocycles. The average Bonchev–Trinajstić information content (AvgIpc) is 3.33. The van der Waals surface area contributed by atoms with E-state index in [1.54, 1.807) is 22.0 Å². The highest BCUT2D eigenvalue weighted by Gasteiger charge is 2.78. The summed E-state index contributed by atoms with van der Waals surface area (Å²) < 4.78 is 12.0. The molecule has 0 aromatic heterocycles. The third-order valence-electron chi connectivity index (χ3n) is 7.37. The van der Waals surface area contributed by atoms with E-state index in [2.05, 4.69) is 13.2 Å². The number of likely N-dealkylation sites (tertiary alicyclic amines) is 1. The molecule has 1 spiro atoms. The highest BCUT2D eigenvalue weighted by atomic mass is 16.6. The van der Waals surface area contributed by atoms with Crippen molar-refractivity contribution in [1.29, 1.82) is 0 Å². The average molecular weight is 463 g/mol. The van der Waals surface area contributed by atoms with Crippen molar-refractivity contribution >= 4 is 17.8 Å². The van der Waals surface area contributed by atoms with Gasteiger partial charge in [0.1, 0.15) is 17.6 Å². The number of unbranched alkanes of at least 4 members (excludes halogenated alkanes) is 1. The summed E-state index contributed by atoms with van der Waals surface area (Å²) in [5.74, 6) is -2.38. The summed E-state index contributed by atoms with van der Waals surface area (Å²) >= 11 is 0. The maximum atomic E-state index is 13.9. The van der Waals surface area contributed by atoms with E-state index in [-0.39, 0.29) is 31.1 Å². The van der Waals surface area contributed by atoms with Crippen LogP contribution in [0.3, 0.4) is 0 Å². The molecule has 0 aromatic rings. The Morgan fingerprint density at radius 2 is 2.03 bits per heavy atom. The molecule has 0 saturated carbocycles. The van der Waals surface area contributed by atoms with Gasteiger partial charge < -0.3 is 24.4 Å². The van der Waals surface area contributed by atoms with Gasteiger partial charge >= 0.3 is 5.97 Å². The Bertz CT molecular complexity index is 798. The van der Waals surface area contributed by atoms with Crippen LogP contribution < -0.4 is 0 Å². The molecule has 2 bridgehead atoms. The fourth-order valence-electron chi connectivity index (χ4n) is 5.88. The van der Waals surface area contributed by atoms with Crippen molar-refractivity contribution in [3.05, 3.63) is 25.3 Å². The molecule has 0 radical (unpaired) electrons. The summed E-state index contributed by atoms with van der Waals surface area (Å²) in [5.41, 5.74) is -1.90. The minimum absolute atomic E-state index is 0.0105. The second-order valence-electron chi connectivity index (χ2n) is 9.81. The highest BCUT2D eigenvalue weighted by molar-refractivity contribution is 5.98. The standard InChI is InChI=1S/C25H38N2O6/c1-6-8-16-32-23(31)19-18-21(29)27(14-9-10-15-28)20(22(30)26(13-7-2)17(3)4)25(18)12-11-24(19,5)33-25/h6-7,17-20,28H,1-2,8-16H2,3-5H3/t18-,19+,20?,24-,25?/m0/s1. The molecule has 2 amide bonds. The molecule has 184 valence electrons. The van der Waals surface area contributed by atoms with Crippen LogP contribution in [0.4, 0.5) is 0 Å². The van der Waals surface area contributed by atoms with Gasteiger partial charge in [-0.2, -0.15) is 0 Å². The number of rotatable bonds is 12. The predicted molar refractivity (Wildman–Crippen MR) is 123 cm³/mol. The molecule has 3 saturated heterocycles. The van der Waals surface area contributed by atoms with E-state index in [1.165, 1.54) is 0 Å². The summed E-state index contributed by atoms with van der Waals surface area (Å²) in [6.45, 7) is 14.0. The predicted octanol–water partition coefficient (Wildman–Crippen LogP) is 2.07. The zero-order valence-corrected chi connectivity index (χ0v) is 20.1. The van der Waals surface area contributed by atoms with Crippen molar-refractivity contribution in [1.82, 2.24) is 9.80 Å². The third kappa shape index (κ3) is 4.23. The fourth-order valence-corrected chi connectivity index (χ4v) is 5.88. The lowest BCUT2D eigenvalue weighted by Crippen LogP contribution is -2.57. The number of carbonyl (C=O) groups is 3. The normalized spacial score (nSPS) is 32.2. The van der Waals surface area contributed by atoms with Crippen molar-refractivity contribution in [3.8, 4) is 0 Å². The van der Waals surface area contributed by atoms with Crippen LogP contribution >= 0.6 is 0 Å². The minimum Gasteiger partial charge on any atom is -0.465 e. The van der Waals surface area contributed by atoms with Crippen molar-refractivity contribution in [2.45, 2.75) is 76.2 Å². The molecule has 2 unspecified atom stereocenters. The van der Waals surface area contributed by atoms with Crippen LogP contribution in [0.1, 0.15) is 52.9 Å². The number of esters is 1. The zero-order valence-electron chi connectivity index (χ0n) is 20.1. The van der Waals surface area contributed by atoms with Gasteiger partial charge in [-0.05, 0) is 52.9 Å². The van der Waals surface area contributed by atoms with E-state index in [4.69, 9.17) is 9.47 Å².